The highest BCUT2D eigenvalue weighted by atomic mass is 32.2. The van der Waals surface area contributed by atoms with Crippen LogP contribution in [0.3, 0.4) is 0 Å². The maximum Gasteiger partial charge on any atom is 0.324 e. The molecule has 1 atom stereocenters. The van der Waals surface area contributed by atoms with Crippen LogP contribution in [0.5, 0.6) is 5.75 Å². The van der Waals surface area contributed by atoms with E-state index in [0.29, 0.717) is 0 Å². The Kier molecular flexibility index (Phi) is 5.93. The van der Waals surface area contributed by atoms with Crippen molar-refractivity contribution < 1.29 is 31.8 Å². The van der Waals surface area contributed by atoms with E-state index >= 15 is 0 Å². The molecule has 0 radical (unpaired) electrons. The summed E-state index contributed by atoms with van der Waals surface area (Å²) in [5.74, 6) is -3.05. The number of ether oxygens (including phenoxy) is 1. The van der Waals surface area contributed by atoms with Gasteiger partial charge in [-0.05, 0) is 25.5 Å². The second-order valence-corrected chi connectivity index (χ2v) is 8.92. The Labute approximate surface area is 160 Å². The number of halogens is 2. The normalized spacial score (nSPS) is 13.8. The number of hydrogen-bond donors (Lipinski definition) is 1. The predicted octanol–water partition coefficient (Wildman–Crippen LogP) is 2.08. The molecular formula is C18H19F2NO6S. The quantitative estimate of drug-likeness (QED) is 0.743. The highest BCUT2D eigenvalue weighted by Crippen LogP contribution is 2.28. The fourth-order valence-corrected chi connectivity index (χ4v) is 3.33. The van der Waals surface area contributed by atoms with Crippen molar-refractivity contribution in [1.29, 1.82) is 0 Å². The Bertz CT molecular complexity index is 1080. The summed E-state index contributed by atoms with van der Waals surface area (Å²) < 4.78 is 55.9. The molecule has 0 spiro atoms. The van der Waals surface area contributed by atoms with Gasteiger partial charge in [0.05, 0.1) is 7.11 Å². The summed E-state index contributed by atoms with van der Waals surface area (Å²) in [4.78, 5) is 23.7. The van der Waals surface area contributed by atoms with Gasteiger partial charge in [-0.15, -0.1) is 0 Å². The van der Waals surface area contributed by atoms with E-state index in [9.17, 15) is 31.9 Å². The summed E-state index contributed by atoms with van der Waals surface area (Å²) in [6.07, 6.45) is 1.13. The van der Waals surface area contributed by atoms with Gasteiger partial charge in [0.15, 0.2) is 14.6 Å². The van der Waals surface area contributed by atoms with Crippen LogP contribution in [-0.4, -0.2) is 42.2 Å². The van der Waals surface area contributed by atoms with Crippen molar-refractivity contribution in [2.24, 2.45) is 0 Å². The molecule has 1 heterocycles. The van der Waals surface area contributed by atoms with Crippen LogP contribution in [0.25, 0.3) is 11.1 Å². The number of pyridine rings is 1. The fraction of sp³-hybridized carbons (Fsp3) is 0.333. The number of sulfone groups is 1. The van der Waals surface area contributed by atoms with Crippen LogP contribution in [0.2, 0.25) is 0 Å². The molecule has 2 rings (SSSR count). The molecule has 1 aromatic carbocycles. The Morgan fingerprint density at radius 3 is 2.36 bits per heavy atom. The number of aryl methyl sites for hydroxylation is 1. The third-order valence-electron chi connectivity index (χ3n) is 4.64. The molecule has 1 aromatic heterocycles. The van der Waals surface area contributed by atoms with Crippen molar-refractivity contribution >= 4 is 15.8 Å². The molecule has 0 aliphatic carbocycles. The maximum atomic E-state index is 14.5. The van der Waals surface area contributed by atoms with Crippen LogP contribution in [0.15, 0.2) is 35.3 Å². The second-order valence-electron chi connectivity index (χ2n) is 6.47. The van der Waals surface area contributed by atoms with Crippen LogP contribution in [0, 0.1) is 11.6 Å². The van der Waals surface area contributed by atoms with Gasteiger partial charge < -0.3 is 14.4 Å². The lowest BCUT2D eigenvalue weighted by molar-refractivity contribution is -0.139. The van der Waals surface area contributed by atoms with Gasteiger partial charge in [-0.3, -0.25) is 9.59 Å². The molecule has 1 N–H and O–H groups in total. The lowest BCUT2D eigenvalue weighted by atomic mass is 10.0. The average Bonchev–Trinajstić information content (AvgIpc) is 2.60. The summed E-state index contributed by atoms with van der Waals surface area (Å²) >= 11 is 0. The molecule has 0 saturated heterocycles. The highest BCUT2D eigenvalue weighted by molar-refractivity contribution is 7.92. The Morgan fingerprint density at radius 2 is 1.86 bits per heavy atom. The topological polar surface area (TPSA) is 103 Å². The first-order chi connectivity index (χ1) is 12.9. The van der Waals surface area contributed by atoms with Gasteiger partial charge in [-0.1, -0.05) is 0 Å². The third-order valence-corrected chi connectivity index (χ3v) is 6.66. The van der Waals surface area contributed by atoms with E-state index in [1.54, 1.807) is 0 Å². The molecule has 0 fully saturated rings. The largest absolute Gasteiger partial charge is 0.497 e. The van der Waals surface area contributed by atoms with E-state index in [-0.39, 0.29) is 23.4 Å². The van der Waals surface area contributed by atoms with Crippen LogP contribution in [-0.2, 0) is 21.2 Å². The average molecular weight is 415 g/mol. The molecule has 0 saturated carbocycles. The molecular weight excluding hydrogens is 396 g/mol. The number of aromatic nitrogens is 1. The Hall–Kier alpha value is -2.75. The minimum absolute atomic E-state index is 0.144. The molecule has 10 heteroatoms. The smallest absolute Gasteiger partial charge is 0.324 e. The molecule has 0 bridgehead atoms. The predicted molar refractivity (Wildman–Crippen MR) is 98.1 cm³/mol. The summed E-state index contributed by atoms with van der Waals surface area (Å²) in [5.41, 5.74) is -1.15. The number of carboxylic acids is 1. The van der Waals surface area contributed by atoms with Gasteiger partial charge in [0.2, 0.25) is 0 Å². The van der Waals surface area contributed by atoms with Crippen LogP contribution in [0.4, 0.5) is 8.78 Å². The minimum Gasteiger partial charge on any atom is -0.497 e. The van der Waals surface area contributed by atoms with Gasteiger partial charge >= 0.3 is 5.97 Å². The minimum atomic E-state index is -3.99. The van der Waals surface area contributed by atoms with Gasteiger partial charge in [-0.25, -0.2) is 17.2 Å². The van der Waals surface area contributed by atoms with Crippen molar-refractivity contribution in [1.82, 2.24) is 4.57 Å². The van der Waals surface area contributed by atoms with E-state index in [1.165, 1.54) is 19.2 Å². The number of nitrogens with zero attached hydrogens (tertiary/aromatic N) is 1. The van der Waals surface area contributed by atoms with E-state index < -0.39 is 44.2 Å². The van der Waals surface area contributed by atoms with E-state index in [1.807, 2.05) is 0 Å². The van der Waals surface area contributed by atoms with Gasteiger partial charge in [0, 0.05) is 42.3 Å². The fourth-order valence-electron chi connectivity index (χ4n) is 2.55. The monoisotopic (exact) mass is 415 g/mol. The van der Waals surface area contributed by atoms with E-state index in [2.05, 4.69) is 0 Å². The summed E-state index contributed by atoms with van der Waals surface area (Å²) in [6, 6.07) is 4.60. The summed E-state index contributed by atoms with van der Waals surface area (Å²) in [7, 11) is -2.65. The molecule has 0 aliphatic heterocycles. The van der Waals surface area contributed by atoms with Crippen LogP contribution in [0.1, 0.15) is 13.3 Å². The lowest BCUT2D eigenvalue weighted by Gasteiger charge is -2.23. The summed E-state index contributed by atoms with van der Waals surface area (Å²) in [5, 5.41) is 9.24. The Morgan fingerprint density at radius 1 is 1.21 bits per heavy atom. The first kappa shape index (κ1) is 21.5. The number of carboxylic acid groups (broad SMARTS) is 1. The molecule has 2 aromatic rings. The van der Waals surface area contributed by atoms with Crippen molar-refractivity contribution in [3.8, 4) is 16.9 Å². The van der Waals surface area contributed by atoms with Crippen LogP contribution < -0.4 is 10.3 Å². The van der Waals surface area contributed by atoms with Crippen molar-refractivity contribution in [2.75, 3.05) is 13.4 Å². The maximum absolute atomic E-state index is 14.5. The zero-order chi connectivity index (χ0) is 21.3. The molecule has 28 heavy (non-hydrogen) atoms. The third kappa shape index (κ3) is 4.06. The number of carbonyl (C=O) groups is 1. The number of aliphatic carboxylic acids is 1. The van der Waals surface area contributed by atoms with Gasteiger partial charge in [0.1, 0.15) is 17.4 Å². The van der Waals surface area contributed by atoms with Crippen LogP contribution >= 0.6 is 0 Å². The van der Waals surface area contributed by atoms with E-state index in [4.69, 9.17) is 4.74 Å². The Balaban J connectivity index is 2.40. The second kappa shape index (κ2) is 7.70. The number of methoxy groups -OCH3 is 1. The van der Waals surface area contributed by atoms with Crippen molar-refractivity contribution in [2.45, 2.75) is 24.6 Å². The van der Waals surface area contributed by atoms with Crippen molar-refractivity contribution in [3.05, 3.63) is 52.5 Å². The van der Waals surface area contributed by atoms with Gasteiger partial charge in [-0.2, -0.15) is 0 Å². The zero-order valence-corrected chi connectivity index (χ0v) is 16.2. The molecule has 0 amide bonds. The number of rotatable bonds is 7. The first-order valence-electron chi connectivity index (χ1n) is 8.07. The SMILES string of the molecule is COc1ccc(-c2cc(=O)n(CCC(C)(C(=O)O)S(C)(=O)=O)cc2F)c(F)c1. The van der Waals surface area contributed by atoms with Crippen molar-refractivity contribution in [3.63, 3.8) is 0 Å². The lowest BCUT2D eigenvalue weighted by Crippen LogP contribution is -2.44. The number of hydrogen-bond acceptors (Lipinski definition) is 5. The molecule has 152 valence electrons. The molecule has 1 unspecified atom stereocenters. The van der Waals surface area contributed by atoms with Gasteiger partial charge in [0.25, 0.3) is 5.56 Å². The van der Waals surface area contributed by atoms with E-state index in [0.717, 1.165) is 36.1 Å². The standard InChI is InChI=1S/C18H19F2NO6S/c1-18(17(23)24,28(3,25)26)6-7-21-10-15(20)13(9-16(21)22)12-5-4-11(27-2)8-14(12)19/h4-5,8-10H,6-7H2,1-3H3,(H,23,24). The molecule has 7 nitrogen and oxygen atoms in total. The first-order valence-corrected chi connectivity index (χ1v) is 9.96. The highest BCUT2D eigenvalue weighted by Gasteiger charge is 2.43. The summed E-state index contributed by atoms with van der Waals surface area (Å²) in [6.45, 7) is 0.671. The zero-order valence-electron chi connectivity index (χ0n) is 15.4. The number of benzene rings is 1. The molecule has 0 aliphatic rings.